The molecule has 0 spiro atoms. The molecule has 0 fully saturated rings. The van der Waals surface area contributed by atoms with Crippen molar-refractivity contribution >= 4 is 17.5 Å². The minimum Gasteiger partial charge on any atom is -0.493 e. The van der Waals surface area contributed by atoms with E-state index in [-0.39, 0.29) is 11.8 Å². The summed E-state index contributed by atoms with van der Waals surface area (Å²) >= 11 is 0. The minimum absolute atomic E-state index is 0.212. The second-order valence-electron chi connectivity index (χ2n) is 6.51. The maximum atomic E-state index is 12.5. The first-order chi connectivity index (χ1) is 12.9. The minimum atomic E-state index is -0.295. The Morgan fingerprint density at radius 3 is 2.41 bits per heavy atom. The second-order valence-corrected chi connectivity index (χ2v) is 6.51. The van der Waals surface area contributed by atoms with Crippen molar-refractivity contribution in [3.8, 4) is 11.5 Å². The fourth-order valence-electron chi connectivity index (χ4n) is 2.42. The summed E-state index contributed by atoms with van der Waals surface area (Å²) in [7, 11) is 3.10. The maximum Gasteiger partial charge on any atom is 0.255 e. The van der Waals surface area contributed by atoms with E-state index >= 15 is 0 Å². The zero-order valence-corrected chi connectivity index (χ0v) is 16.2. The number of benzene rings is 2. The van der Waals surface area contributed by atoms with E-state index in [0.717, 1.165) is 6.42 Å². The average Bonchev–Trinajstić information content (AvgIpc) is 2.67. The van der Waals surface area contributed by atoms with Gasteiger partial charge in [-0.15, -0.1) is 0 Å². The van der Waals surface area contributed by atoms with Gasteiger partial charge in [-0.3, -0.25) is 9.59 Å². The first-order valence-electron chi connectivity index (χ1n) is 8.89. The number of carbonyl (C=O) groups is 2. The standard InChI is InChI=1S/C21H26N2O4/c1-14(2)10-11-27-18-9-8-16(13-19(18)26-4)21(25)23-17-7-5-6-15(12-17)20(24)22-3/h5-9,12-14H,10-11H2,1-4H3,(H,22,24)(H,23,25). The molecular weight excluding hydrogens is 344 g/mol. The molecule has 2 aromatic rings. The topological polar surface area (TPSA) is 76.7 Å². The van der Waals surface area contributed by atoms with Gasteiger partial charge in [-0.05, 0) is 48.7 Å². The highest BCUT2D eigenvalue weighted by Gasteiger charge is 2.13. The van der Waals surface area contributed by atoms with Gasteiger partial charge in [0.2, 0.25) is 0 Å². The van der Waals surface area contributed by atoms with Crippen LogP contribution in [0.1, 0.15) is 41.0 Å². The quantitative estimate of drug-likeness (QED) is 0.742. The average molecular weight is 370 g/mol. The van der Waals surface area contributed by atoms with Gasteiger partial charge in [0.15, 0.2) is 11.5 Å². The highest BCUT2D eigenvalue weighted by molar-refractivity contribution is 6.05. The summed E-state index contributed by atoms with van der Waals surface area (Å²) in [4.78, 5) is 24.3. The van der Waals surface area contributed by atoms with E-state index in [1.54, 1.807) is 56.6 Å². The molecule has 0 unspecified atom stereocenters. The molecule has 0 aromatic heterocycles. The molecule has 0 aliphatic rings. The lowest BCUT2D eigenvalue weighted by Crippen LogP contribution is -2.18. The SMILES string of the molecule is CNC(=O)c1cccc(NC(=O)c2ccc(OCCC(C)C)c(OC)c2)c1. The molecule has 0 aliphatic heterocycles. The molecule has 0 saturated carbocycles. The third-order valence-electron chi connectivity index (χ3n) is 3.99. The Bertz CT molecular complexity index is 803. The van der Waals surface area contributed by atoms with Crippen LogP contribution in [0.5, 0.6) is 11.5 Å². The van der Waals surface area contributed by atoms with E-state index in [1.807, 2.05) is 0 Å². The van der Waals surface area contributed by atoms with E-state index in [0.29, 0.717) is 40.8 Å². The number of methoxy groups -OCH3 is 1. The molecule has 2 aromatic carbocycles. The lowest BCUT2D eigenvalue weighted by atomic mass is 10.1. The lowest BCUT2D eigenvalue weighted by Gasteiger charge is -2.13. The molecule has 6 nitrogen and oxygen atoms in total. The van der Waals surface area contributed by atoms with Gasteiger partial charge in [-0.1, -0.05) is 19.9 Å². The van der Waals surface area contributed by atoms with Gasteiger partial charge in [0, 0.05) is 23.9 Å². The van der Waals surface area contributed by atoms with Gasteiger partial charge in [-0.2, -0.15) is 0 Å². The maximum absolute atomic E-state index is 12.5. The van der Waals surface area contributed by atoms with Crippen LogP contribution in [0.25, 0.3) is 0 Å². The van der Waals surface area contributed by atoms with E-state index in [9.17, 15) is 9.59 Å². The van der Waals surface area contributed by atoms with Crippen LogP contribution >= 0.6 is 0 Å². The van der Waals surface area contributed by atoms with Gasteiger partial charge in [0.05, 0.1) is 13.7 Å². The predicted octanol–water partition coefficient (Wildman–Crippen LogP) is 3.73. The fourth-order valence-corrected chi connectivity index (χ4v) is 2.42. The molecule has 0 saturated heterocycles. The van der Waals surface area contributed by atoms with Crippen molar-refractivity contribution in [2.45, 2.75) is 20.3 Å². The van der Waals surface area contributed by atoms with Gasteiger partial charge in [0.1, 0.15) is 0 Å². The third kappa shape index (κ3) is 5.74. The van der Waals surface area contributed by atoms with Crippen molar-refractivity contribution in [2.24, 2.45) is 5.92 Å². The van der Waals surface area contributed by atoms with Crippen LogP contribution < -0.4 is 20.1 Å². The number of anilines is 1. The first-order valence-corrected chi connectivity index (χ1v) is 8.89. The Hall–Kier alpha value is -3.02. The highest BCUT2D eigenvalue weighted by atomic mass is 16.5. The number of nitrogens with one attached hydrogen (secondary N) is 2. The summed E-state index contributed by atoms with van der Waals surface area (Å²) in [5.74, 6) is 1.15. The largest absolute Gasteiger partial charge is 0.493 e. The van der Waals surface area contributed by atoms with Crippen molar-refractivity contribution in [3.05, 3.63) is 53.6 Å². The number of carbonyl (C=O) groups excluding carboxylic acids is 2. The number of hydrogen-bond donors (Lipinski definition) is 2. The van der Waals surface area contributed by atoms with Crippen LogP contribution in [0.4, 0.5) is 5.69 Å². The molecule has 0 atom stereocenters. The van der Waals surface area contributed by atoms with Crippen LogP contribution in [0, 0.1) is 5.92 Å². The van der Waals surface area contributed by atoms with Gasteiger partial charge in [0.25, 0.3) is 11.8 Å². The zero-order valence-electron chi connectivity index (χ0n) is 16.2. The second kappa shape index (κ2) is 9.62. The Balaban J connectivity index is 2.11. The molecule has 2 amide bonds. The van der Waals surface area contributed by atoms with Gasteiger partial charge >= 0.3 is 0 Å². The monoisotopic (exact) mass is 370 g/mol. The smallest absolute Gasteiger partial charge is 0.255 e. The molecule has 6 heteroatoms. The fraction of sp³-hybridized carbons (Fsp3) is 0.333. The molecule has 27 heavy (non-hydrogen) atoms. The lowest BCUT2D eigenvalue weighted by molar-refractivity contribution is 0.0961. The number of rotatable bonds is 8. The molecular formula is C21H26N2O4. The van der Waals surface area contributed by atoms with Gasteiger partial charge in [-0.25, -0.2) is 0 Å². The zero-order chi connectivity index (χ0) is 19.8. The highest BCUT2D eigenvalue weighted by Crippen LogP contribution is 2.29. The van der Waals surface area contributed by atoms with Crippen molar-refractivity contribution in [1.82, 2.24) is 5.32 Å². The predicted molar refractivity (Wildman–Crippen MR) is 106 cm³/mol. The molecule has 0 radical (unpaired) electrons. The molecule has 2 N–H and O–H groups in total. The number of amides is 2. The molecule has 2 rings (SSSR count). The Morgan fingerprint density at radius 2 is 1.74 bits per heavy atom. The Labute approximate surface area is 159 Å². The number of ether oxygens (including phenoxy) is 2. The third-order valence-corrected chi connectivity index (χ3v) is 3.99. The van der Waals surface area contributed by atoms with E-state index in [2.05, 4.69) is 24.5 Å². The summed E-state index contributed by atoms with van der Waals surface area (Å²) in [6, 6.07) is 11.8. The van der Waals surface area contributed by atoms with E-state index in [4.69, 9.17) is 9.47 Å². The van der Waals surface area contributed by atoms with Crippen molar-refractivity contribution in [2.75, 3.05) is 26.1 Å². The summed E-state index contributed by atoms with van der Waals surface area (Å²) in [5, 5.41) is 5.35. The number of hydrogen-bond acceptors (Lipinski definition) is 4. The van der Waals surface area contributed by atoms with Crippen LogP contribution in [-0.2, 0) is 0 Å². The summed E-state index contributed by atoms with van der Waals surface area (Å²) in [6.45, 7) is 4.85. The van der Waals surface area contributed by atoms with Crippen molar-refractivity contribution in [1.29, 1.82) is 0 Å². The van der Waals surface area contributed by atoms with Crippen LogP contribution in [0.2, 0.25) is 0 Å². The Morgan fingerprint density at radius 1 is 1.00 bits per heavy atom. The van der Waals surface area contributed by atoms with Gasteiger partial charge < -0.3 is 20.1 Å². The molecule has 0 aliphatic carbocycles. The first kappa shape index (κ1) is 20.3. The van der Waals surface area contributed by atoms with Crippen LogP contribution in [0.3, 0.4) is 0 Å². The summed E-state index contributed by atoms with van der Waals surface area (Å²) in [6.07, 6.45) is 0.938. The normalized spacial score (nSPS) is 10.4. The van der Waals surface area contributed by atoms with Crippen LogP contribution in [-0.4, -0.2) is 32.6 Å². The van der Waals surface area contributed by atoms with Crippen molar-refractivity contribution in [3.63, 3.8) is 0 Å². The molecule has 0 bridgehead atoms. The van der Waals surface area contributed by atoms with E-state index < -0.39 is 0 Å². The molecule has 144 valence electrons. The molecule has 0 heterocycles. The Kier molecular flexibility index (Phi) is 7.23. The van der Waals surface area contributed by atoms with E-state index in [1.165, 1.54) is 0 Å². The summed E-state index contributed by atoms with van der Waals surface area (Å²) < 4.78 is 11.1. The summed E-state index contributed by atoms with van der Waals surface area (Å²) in [5.41, 5.74) is 1.45. The van der Waals surface area contributed by atoms with Crippen LogP contribution in [0.15, 0.2) is 42.5 Å². The van der Waals surface area contributed by atoms with Crippen molar-refractivity contribution < 1.29 is 19.1 Å².